The Bertz CT molecular complexity index is 954. The van der Waals surface area contributed by atoms with E-state index in [0.717, 1.165) is 47.8 Å². The van der Waals surface area contributed by atoms with E-state index in [-0.39, 0.29) is 5.91 Å². The summed E-state index contributed by atoms with van der Waals surface area (Å²) >= 11 is 4.90. The van der Waals surface area contributed by atoms with Crippen LogP contribution in [0.3, 0.4) is 0 Å². The maximum Gasteiger partial charge on any atom is 0.251 e. The monoisotopic (exact) mass is 470 g/mol. The molecule has 0 spiro atoms. The highest BCUT2D eigenvalue weighted by Crippen LogP contribution is 2.25. The smallest absolute Gasteiger partial charge is 0.251 e. The molecule has 0 aliphatic carbocycles. The Balaban J connectivity index is 1.25. The minimum absolute atomic E-state index is 0.0107. The molecule has 1 saturated heterocycles. The van der Waals surface area contributed by atoms with E-state index in [1.54, 1.807) is 0 Å². The molecule has 3 aromatic rings. The highest BCUT2D eigenvalue weighted by molar-refractivity contribution is 9.10. The Morgan fingerprint density at radius 1 is 1.14 bits per heavy atom. The van der Waals surface area contributed by atoms with Crippen molar-refractivity contribution in [2.75, 3.05) is 24.5 Å². The molecule has 1 fully saturated rings. The van der Waals surface area contributed by atoms with Crippen molar-refractivity contribution >= 4 is 38.5 Å². The number of aromatic nitrogens is 2. The van der Waals surface area contributed by atoms with E-state index in [2.05, 4.69) is 42.7 Å². The van der Waals surface area contributed by atoms with Gasteiger partial charge in [-0.2, -0.15) is 4.37 Å². The Hall–Kier alpha value is -2.25. The molecule has 2 heterocycles. The van der Waals surface area contributed by atoms with Gasteiger partial charge >= 0.3 is 0 Å². The summed E-state index contributed by atoms with van der Waals surface area (Å²) in [5.74, 6) is 1.38. The molecule has 1 N–H and O–H groups in total. The summed E-state index contributed by atoms with van der Waals surface area (Å²) in [5, 5.41) is 4.09. The lowest BCUT2D eigenvalue weighted by Crippen LogP contribution is -2.38. The van der Waals surface area contributed by atoms with E-state index < -0.39 is 0 Å². The van der Waals surface area contributed by atoms with Crippen molar-refractivity contribution in [2.45, 2.75) is 19.3 Å². The lowest BCUT2D eigenvalue weighted by Gasteiger charge is -2.31. The number of hydrogen-bond donors (Lipinski definition) is 1. The molecule has 0 bridgehead atoms. The van der Waals surface area contributed by atoms with Gasteiger partial charge in [-0.3, -0.25) is 4.79 Å². The Labute approximate surface area is 183 Å². The quantitative estimate of drug-likeness (QED) is 0.574. The van der Waals surface area contributed by atoms with Crippen molar-refractivity contribution in [3.63, 3.8) is 0 Å². The number of anilines is 1. The topological polar surface area (TPSA) is 58.1 Å². The molecule has 2 aromatic carbocycles. The molecule has 5 nitrogen and oxygen atoms in total. The van der Waals surface area contributed by atoms with E-state index in [9.17, 15) is 4.79 Å². The van der Waals surface area contributed by atoms with Gasteiger partial charge in [-0.25, -0.2) is 4.98 Å². The van der Waals surface area contributed by atoms with Crippen LogP contribution in [0.15, 0.2) is 59.1 Å². The molecule has 0 unspecified atom stereocenters. The first-order valence-corrected chi connectivity index (χ1v) is 11.4. The van der Waals surface area contributed by atoms with Crippen LogP contribution in [0.4, 0.5) is 5.13 Å². The highest BCUT2D eigenvalue weighted by atomic mass is 79.9. The molecular formula is C22H23BrN4OS. The number of halogens is 1. The summed E-state index contributed by atoms with van der Waals surface area (Å²) in [6, 6.07) is 17.8. The first kappa shape index (κ1) is 20.0. The summed E-state index contributed by atoms with van der Waals surface area (Å²) in [6.07, 6.45) is 2.87. The van der Waals surface area contributed by atoms with Gasteiger partial charge in [-0.15, -0.1) is 0 Å². The normalized spacial score (nSPS) is 14.7. The molecule has 0 saturated carbocycles. The molecule has 150 valence electrons. The second kappa shape index (κ2) is 9.50. The standard InChI is InChI=1S/C22H23BrN4OS/c23-19-8-4-7-18(14-19)21(28)24-15-17-9-11-27(12-10-17)22-25-20(26-29-22)13-16-5-2-1-3-6-16/h1-8,14,17H,9-13,15H2,(H,24,28). The lowest BCUT2D eigenvalue weighted by molar-refractivity contribution is 0.0945. The molecule has 4 rings (SSSR count). The molecular weight excluding hydrogens is 448 g/mol. The highest BCUT2D eigenvalue weighted by Gasteiger charge is 2.22. The molecule has 7 heteroatoms. The zero-order valence-corrected chi connectivity index (χ0v) is 18.5. The van der Waals surface area contributed by atoms with Crippen molar-refractivity contribution in [1.29, 1.82) is 0 Å². The van der Waals surface area contributed by atoms with Crippen LogP contribution >= 0.6 is 27.5 Å². The number of piperidine rings is 1. The molecule has 1 amide bonds. The Morgan fingerprint density at radius 2 is 1.93 bits per heavy atom. The van der Waals surface area contributed by atoms with Crippen molar-refractivity contribution in [2.24, 2.45) is 5.92 Å². The van der Waals surface area contributed by atoms with Gasteiger partial charge in [0.2, 0.25) is 5.13 Å². The fourth-order valence-corrected chi connectivity index (χ4v) is 4.66. The summed E-state index contributed by atoms with van der Waals surface area (Å²) < 4.78 is 5.45. The minimum Gasteiger partial charge on any atom is -0.352 e. The minimum atomic E-state index is -0.0107. The average molecular weight is 471 g/mol. The summed E-state index contributed by atoms with van der Waals surface area (Å²) in [4.78, 5) is 19.4. The van der Waals surface area contributed by atoms with Gasteiger partial charge in [0, 0.05) is 47.6 Å². The SMILES string of the molecule is O=C(NCC1CCN(c2nc(Cc3ccccc3)ns2)CC1)c1cccc(Br)c1. The number of nitrogens with one attached hydrogen (secondary N) is 1. The number of rotatable bonds is 6. The van der Waals surface area contributed by atoms with Crippen molar-refractivity contribution in [1.82, 2.24) is 14.7 Å². The van der Waals surface area contributed by atoms with Gasteiger partial charge in [0.25, 0.3) is 5.91 Å². The largest absolute Gasteiger partial charge is 0.352 e. The number of hydrogen-bond acceptors (Lipinski definition) is 5. The van der Waals surface area contributed by atoms with Crippen molar-refractivity contribution in [3.05, 3.63) is 76.0 Å². The molecule has 0 atom stereocenters. The number of carbonyl (C=O) groups is 1. The average Bonchev–Trinajstić information content (AvgIpc) is 3.21. The Kier molecular flexibility index (Phi) is 6.56. The van der Waals surface area contributed by atoms with E-state index >= 15 is 0 Å². The third-order valence-corrected chi connectivity index (χ3v) is 6.49. The number of nitrogens with zero attached hydrogens (tertiary/aromatic N) is 3. The zero-order valence-electron chi connectivity index (χ0n) is 16.1. The Morgan fingerprint density at radius 3 is 2.69 bits per heavy atom. The van der Waals surface area contributed by atoms with Crippen LogP contribution < -0.4 is 10.2 Å². The summed E-state index contributed by atoms with van der Waals surface area (Å²) in [5.41, 5.74) is 1.92. The van der Waals surface area contributed by atoms with E-state index in [1.165, 1.54) is 17.1 Å². The maximum atomic E-state index is 12.3. The fraction of sp³-hybridized carbons (Fsp3) is 0.318. The van der Waals surface area contributed by atoms with E-state index in [1.807, 2.05) is 42.5 Å². The van der Waals surface area contributed by atoms with Crippen LogP contribution in [-0.2, 0) is 6.42 Å². The van der Waals surface area contributed by atoms with Crippen LogP contribution in [0.2, 0.25) is 0 Å². The maximum absolute atomic E-state index is 12.3. The molecule has 1 aliphatic heterocycles. The first-order valence-electron chi connectivity index (χ1n) is 9.82. The van der Waals surface area contributed by atoms with E-state index in [4.69, 9.17) is 4.98 Å². The second-order valence-electron chi connectivity index (χ2n) is 7.31. The van der Waals surface area contributed by atoms with Gasteiger partial charge in [0.15, 0.2) is 0 Å². The molecule has 1 aromatic heterocycles. The van der Waals surface area contributed by atoms with Crippen LogP contribution in [0, 0.1) is 5.92 Å². The predicted octanol–water partition coefficient (Wildman–Crippen LogP) is 4.54. The van der Waals surface area contributed by atoms with Crippen LogP contribution in [-0.4, -0.2) is 34.9 Å². The van der Waals surface area contributed by atoms with Gasteiger partial charge in [-0.1, -0.05) is 52.3 Å². The summed E-state index contributed by atoms with van der Waals surface area (Å²) in [6.45, 7) is 2.63. The number of amides is 1. The zero-order chi connectivity index (χ0) is 20.1. The van der Waals surface area contributed by atoms with Gasteiger partial charge in [-0.05, 0) is 42.5 Å². The number of carbonyl (C=O) groups excluding carboxylic acids is 1. The van der Waals surface area contributed by atoms with Crippen LogP contribution in [0.25, 0.3) is 0 Å². The van der Waals surface area contributed by atoms with Gasteiger partial charge in [0.05, 0.1) is 0 Å². The molecule has 29 heavy (non-hydrogen) atoms. The van der Waals surface area contributed by atoms with Crippen LogP contribution in [0.5, 0.6) is 0 Å². The van der Waals surface area contributed by atoms with Crippen LogP contribution in [0.1, 0.15) is 34.6 Å². The third-order valence-electron chi connectivity index (χ3n) is 5.19. The van der Waals surface area contributed by atoms with Crippen molar-refractivity contribution < 1.29 is 4.79 Å². The molecule has 0 radical (unpaired) electrons. The number of benzene rings is 2. The van der Waals surface area contributed by atoms with Gasteiger partial charge < -0.3 is 10.2 Å². The predicted molar refractivity (Wildman–Crippen MR) is 121 cm³/mol. The first-order chi connectivity index (χ1) is 14.2. The molecule has 1 aliphatic rings. The van der Waals surface area contributed by atoms with E-state index in [0.29, 0.717) is 18.0 Å². The summed E-state index contributed by atoms with van der Waals surface area (Å²) in [7, 11) is 0. The second-order valence-corrected chi connectivity index (χ2v) is 8.95. The fourth-order valence-electron chi connectivity index (χ4n) is 3.52. The van der Waals surface area contributed by atoms with Crippen molar-refractivity contribution in [3.8, 4) is 0 Å². The van der Waals surface area contributed by atoms with Gasteiger partial charge in [0.1, 0.15) is 5.82 Å². The lowest BCUT2D eigenvalue weighted by atomic mass is 9.97. The third kappa shape index (κ3) is 5.42.